The molecule has 0 aromatic heterocycles. The topological polar surface area (TPSA) is 117 Å². The monoisotopic (exact) mass is 406 g/mol. The molecular formula is C19H19FN2O7. The second kappa shape index (κ2) is 9.00. The summed E-state index contributed by atoms with van der Waals surface area (Å²) in [7, 11) is 1.35. The minimum absolute atomic E-state index is 0.0707. The van der Waals surface area contributed by atoms with Crippen molar-refractivity contribution in [3.8, 4) is 11.5 Å². The zero-order chi connectivity index (χ0) is 21.6. The highest BCUT2D eigenvalue weighted by atomic mass is 19.1. The lowest BCUT2D eigenvalue weighted by molar-refractivity contribution is -0.384. The van der Waals surface area contributed by atoms with Gasteiger partial charge in [-0.05, 0) is 50.2 Å². The van der Waals surface area contributed by atoms with E-state index in [1.807, 2.05) is 0 Å². The molecule has 2 aromatic carbocycles. The number of nitro groups is 1. The fourth-order valence-corrected chi connectivity index (χ4v) is 2.23. The summed E-state index contributed by atoms with van der Waals surface area (Å²) in [5.74, 6) is -1.58. The first-order valence-corrected chi connectivity index (χ1v) is 8.36. The van der Waals surface area contributed by atoms with Gasteiger partial charge in [0.15, 0.2) is 12.2 Å². The number of esters is 1. The Balaban J connectivity index is 1.97. The fourth-order valence-electron chi connectivity index (χ4n) is 2.23. The van der Waals surface area contributed by atoms with Gasteiger partial charge >= 0.3 is 5.97 Å². The molecule has 1 amide bonds. The van der Waals surface area contributed by atoms with Crippen molar-refractivity contribution in [3.63, 3.8) is 0 Å². The Kier molecular flexibility index (Phi) is 6.71. The Morgan fingerprint density at radius 3 is 2.34 bits per heavy atom. The molecule has 0 spiro atoms. The molecule has 0 heterocycles. The Bertz CT molecular complexity index is 913. The van der Waals surface area contributed by atoms with E-state index in [-0.39, 0.29) is 22.9 Å². The number of rotatable bonds is 8. The van der Waals surface area contributed by atoms with Crippen molar-refractivity contribution < 1.29 is 33.1 Å². The summed E-state index contributed by atoms with van der Waals surface area (Å²) in [4.78, 5) is 34.7. The first kappa shape index (κ1) is 21.6. The smallest absolute Gasteiger partial charge is 0.350 e. The third-order valence-electron chi connectivity index (χ3n) is 3.69. The standard InChI is InChI=1S/C19H19FN2O7/c1-19(2,29-13-6-4-12(20)5-7-13)18(24)28-11-17(23)21-15-9-8-14(27-3)10-16(15)22(25)26/h4-10H,11H2,1-3H3,(H,21,23). The van der Waals surface area contributed by atoms with E-state index >= 15 is 0 Å². The zero-order valence-electron chi connectivity index (χ0n) is 15.9. The largest absolute Gasteiger partial charge is 0.496 e. The molecule has 0 bridgehead atoms. The summed E-state index contributed by atoms with van der Waals surface area (Å²) in [5, 5.41) is 13.4. The molecule has 0 aliphatic heterocycles. The minimum Gasteiger partial charge on any atom is -0.496 e. The fraction of sp³-hybridized carbons (Fsp3) is 0.263. The zero-order valence-corrected chi connectivity index (χ0v) is 15.9. The molecular weight excluding hydrogens is 387 g/mol. The average molecular weight is 406 g/mol. The molecule has 0 aliphatic carbocycles. The molecule has 2 rings (SSSR count). The van der Waals surface area contributed by atoms with Gasteiger partial charge in [-0.25, -0.2) is 9.18 Å². The number of hydrogen-bond donors (Lipinski definition) is 1. The molecule has 2 aromatic rings. The van der Waals surface area contributed by atoms with Crippen molar-refractivity contribution in [1.82, 2.24) is 0 Å². The molecule has 0 aliphatic rings. The summed E-state index contributed by atoms with van der Waals surface area (Å²) in [6, 6.07) is 8.94. The summed E-state index contributed by atoms with van der Waals surface area (Å²) in [5.41, 5.74) is -1.90. The first-order chi connectivity index (χ1) is 13.6. The minimum atomic E-state index is -1.45. The molecule has 1 N–H and O–H groups in total. The molecule has 0 radical (unpaired) electrons. The van der Waals surface area contributed by atoms with Crippen LogP contribution in [-0.4, -0.2) is 36.1 Å². The predicted octanol–water partition coefficient (Wildman–Crippen LogP) is 3.08. The van der Waals surface area contributed by atoms with Crippen LogP contribution in [0, 0.1) is 15.9 Å². The van der Waals surface area contributed by atoms with Crippen molar-refractivity contribution in [3.05, 3.63) is 58.4 Å². The van der Waals surface area contributed by atoms with Gasteiger partial charge in [0.25, 0.3) is 11.6 Å². The first-order valence-electron chi connectivity index (χ1n) is 8.36. The van der Waals surface area contributed by atoms with Crippen LogP contribution in [0.25, 0.3) is 0 Å². The maximum absolute atomic E-state index is 12.9. The Morgan fingerprint density at radius 2 is 1.76 bits per heavy atom. The number of nitrogens with one attached hydrogen (secondary N) is 1. The third kappa shape index (κ3) is 5.89. The highest BCUT2D eigenvalue weighted by molar-refractivity contribution is 5.95. The number of amides is 1. The van der Waals surface area contributed by atoms with E-state index in [1.165, 1.54) is 57.4 Å². The van der Waals surface area contributed by atoms with Crippen LogP contribution in [0.1, 0.15) is 13.8 Å². The van der Waals surface area contributed by atoms with Gasteiger partial charge in [0.1, 0.15) is 23.0 Å². The van der Waals surface area contributed by atoms with Gasteiger partial charge in [0.2, 0.25) is 0 Å². The van der Waals surface area contributed by atoms with Crippen molar-refractivity contribution in [2.75, 3.05) is 19.0 Å². The van der Waals surface area contributed by atoms with Crippen LogP contribution in [0.15, 0.2) is 42.5 Å². The van der Waals surface area contributed by atoms with Crippen molar-refractivity contribution in [2.45, 2.75) is 19.4 Å². The second-order valence-corrected chi connectivity index (χ2v) is 6.33. The SMILES string of the molecule is COc1ccc(NC(=O)COC(=O)C(C)(C)Oc2ccc(F)cc2)c([N+](=O)[O-])c1. The van der Waals surface area contributed by atoms with Gasteiger partial charge in [0, 0.05) is 0 Å². The lowest BCUT2D eigenvalue weighted by Crippen LogP contribution is -2.41. The molecule has 0 saturated carbocycles. The van der Waals surface area contributed by atoms with Crippen LogP contribution in [0.5, 0.6) is 11.5 Å². The summed E-state index contributed by atoms with van der Waals surface area (Å²) >= 11 is 0. The van der Waals surface area contributed by atoms with Gasteiger partial charge < -0.3 is 19.5 Å². The molecule has 9 nitrogen and oxygen atoms in total. The Hall–Kier alpha value is -3.69. The molecule has 0 saturated heterocycles. The van der Waals surface area contributed by atoms with E-state index in [2.05, 4.69) is 5.32 Å². The van der Waals surface area contributed by atoms with Crippen LogP contribution in [0.4, 0.5) is 15.8 Å². The second-order valence-electron chi connectivity index (χ2n) is 6.33. The van der Waals surface area contributed by atoms with E-state index in [0.29, 0.717) is 0 Å². The molecule has 29 heavy (non-hydrogen) atoms. The van der Waals surface area contributed by atoms with Gasteiger partial charge in [-0.1, -0.05) is 0 Å². The number of carbonyl (C=O) groups excluding carboxylic acids is 2. The van der Waals surface area contributed by atoms with Crippen molar-refractivity contribution >= 4 is 23.3 Å². The van der Waals surface area contributed by atoms with Crippen LogP contribution >= 0.6 is 0 Å². The number of hydrogen-bond acceptors (Lipinski definition) is 7. The van der Waals surface area contributed by atoms with Crippen molar-refractivity contribution in [1.29, 1.82) is 0 Å². The maximum Gasteiger partial charge on any atom is 0.350 e. The van der Waals surface area contributed by atoms with E-state index in [1.54, 1.807) is 0 Å². The van der Waals surface area contributed by atoms with Gasteiger partial charge in [-0.2, -0.15) is 0 Å². The average Bonchev–Trinajstić information content (AvgIpc) is 2.67. The van der Waals surface area contributed by atoms with Crippen LogP contribution in [0.3, 0.4) is 0 Å². The lowest BCUT2D eigenvalue weighted by Gasteiger charge is -2.24. The Morgan fingerprint density at radius 1 is 1.14 bits per heavy atom. The van der Waals surface area contributed by atoms with E-state index in [9.17, 15) is 24.1 Å². The quantitative estimate of drug-likeness (QED) is 0.407. The predicted molar refractivity (Wildman–Crippen MR) is 100 cm³/mol. The number of ether oxygens (including phenoxy) is 3. The molecule has 154 valence electrons. The summed E-state index contributed by atoms with van der Waals surface area (Å²) < 4.78 is 28.3. The number of methoxy groups -OCH3 is 1. The van der Waals surface area contributed by atoms with E-state index < -0.39 is 34.8 Å². The van der Waals surface area contributed by atoms with Gasteiger partial charge in [-0.15, -0.1) is 0 Å². The molecule has 10 heteroatoms. The number of halogens is 1. The number of benzene rings is 2. The molecule has 0 fully saturated rings. The van der Waals surface area contributed by atoms with E-state index in [0.717, 1.165) is 6.07 Å². The Labute approximate surface area is 165 Å². The number of anilines is 1. The van der Waals surface area contributed by atoms with Gasteiger partial charge in [0.05, 0.1) is 18.1 Å². The van der Waals surface area contributed by atoms with Crippen molar-refractivity contribution in [2.24, 2.45) is 0 Å². The van der Waals surface area contributed by atoms with Crippen LogP contribution in [-0.2, 0) is 14.3 Å². The van der Waals surface area contributed by atoms with Crippen LogP contribution < -0.4 is 14.8 Å². The van der Waals surface area contributed by atoms with E-state index in [4.69, 9.17) is 14.2 Å². The summed E-state index contributed by atoms with van der Waals surface area (Å²) in [6.45, 7) is 2.16. The highest BCUT2D eigenvalue weighted by Crippen LogP contribution is 2.29. The van der Waals surface area contributed by atoms with Gasteiger partial charge in [-0.3, -0.25) is 14.9 Å². The molecule has 0 atom stereocenters. The maximum atomic E-state index is 12.9. The highest BCUT2D eigenvalue weighted by Gasteiger charge is 2.32. The number of carbonyl (C=O) groups is 2. The third-order valence-corrected chi connectivity index (χ3v) is 3.69. The van der Waals surface area contributed by atoms with Crippen LogP contribution in [0.2, 0.25) is 0 Å². The number of nitro benzene ring substituents is 1. The summed E-state index contributed by atoms with van der Waals surface area (Å²) in [6.07, 6.45) is 0. The number of nitrogens with zero attached hydrogens (tertiary/aromatic N) is 1. The molecule has 0 unspecified atom stereocenters. The normalized spacial score (nSPS) is 10.8. The lowest BCUT2D eigenvalue weighted by atomic mass is 10.1.